The molecular formula is C21H21NO2S2. The van der Waals surface area contributed by atoms with Crippen LogP contribution >= 0.6 is 11.8 Å². The van der Waals surface area contributed by atoms with Gasteiger partial charge in [-0.3, -0.25) is 0 Å². The van der Waals surface area contributed by atoms with Crippen molar-refractivity contribution in [1.82, 2.24) is 4.98 Å². The molecule has 0 aliphatic carbocycles. The predicted molar refractivity (Wildman–Crippen MR) is 106 cm³/mol. The number of aromatic nitrogens is 1. The topological polar surface area (TPSA) is 47.0 Å². The molecule has 3 nitrogen and oxygen atoms in total. The number of pyridine rings is 1. The number of hydrogen-bond acceptors (Lipinski definition) is 4. The number of aryl methyl sites for hydroxylation is 4. The van der Waals surface area contributed by atoms with Gasteiger partial charge in [-0.15, -0.1) is 0 Å². The number of hydrogen-bond donors (Lipinski definition) is 0. The van der Waals surface area contributed by atoms with Crippen LogP contribution in [0.25, 0.3) is 0 Å². The highest BCUT2D eigenvalue weighted by molar-refractivity contribution is 8.00. The van der Waals surface area contributed by atoms with Gasteiger partial charge in [-0.1, -0.05) is 47.2 Å². The summed E-state index contributed by atoms with van der Waals surface area (Å²) in [6.07, 6.45) is 0. The summed E-state index contributed by atoms with van der Waals surface area (Å²) in [5.74, 6) is 0. The lowest BCUT2D eigenvalue weighted by atomic mass is 10.2. The van der Waals surface area contributed by atoms with Crippen LogP contribution in [0.3, 0.4) is 0 Å². The van der Waals surface area contributed by atoms with Crippen molar-refractivity contribution in [3.8, 4) is 0 Å². The van der Waals surface area contributed by atoms with Gasteiger partial charge in [0.2, 0.25) is 9.84 Å². The first kappa shape index (κ1) is 18.7. The van der Waals surface area contributed by atoms with E-state index in [0.29, 0.717) is 15.5 Å². The van der Waals surface area contributed by atoms with Crippen molar-refractivity contribution in [3.63, 3.8) is 0 Å². The molecule has 26 heavy (non-hydrogen) atoms. The molecule has 0 radical (unpaired) electrons. The van der Waals surface area contributed by atoms with Crippen LogP contribution in [-0.2, 0) is 9.84 Å². The van der Waals surface area contributed by atoms with Crippen molar-refractivity contribution >= 4 is 21.6 Å². The van der Waals surface area contributed by atoms with Gasteiger partial charge in [-0.2, -0.15) is 0 Å². The lowest BCUT2D eigenvalue weighted by molar-refractivity contribution is 0.592. The van der Waals surface area contributed by atoms with E-state index in [0.717, 1.165) is 21.7 Å². The monoisotopic (exact) mass is 383 g/mol. The Morgan fingerprint density at radius 1 is 0.808 bits per heavy atom. The summed E-state index contributed by atoms with van der Waals surface area (Å²) in [5, 5.41) is 0.520. The Hall–Kier alpha value is -2.11. The fourth-order valence-corrected chi connectivity index (χ4v) is 5.62. The highest BCUT2D eigenvalue weighted by atomic mass is 32.2. The van der Waals surface area contributed by atoms with Gasteiger partial charge >= 0.3 is 0 Å². The Labute approximate surface area is 159 Å². The maximum atomic E-state index is 13.3. The summed E-state index contributed by atoms with van der Waals surface area (Å²) in [4.78, 5) is 6.09. The van der Waals surface area contributed by atoms with Crippen LogP contribution in [0.15, 0.2) is 74.3 Å². The normalized spacial score (nSPS) is 11.5. The van der Waals surface area contributed by atoms with E-state index in [4.69, 9.17) is 0 Å². The van der Waals surface area contributed by atoms with E-state index in [2.05, 4.69) is 4.98 Å². The Morgan fingerprint density at radius 2 is 1.35 bits per heavy atom. The molecule has 0 unspecified atom stereocenters. The second kappa shape index (κ2) is 7.25. The minimum Gasteiger partial charge on any atom is -0.245 e. The predicted octanol–water partition coefficient (Wildman–Crippen LogP) is 5.30. The van der Waals surface area contributed by atoms with Gasteiger partial charge in [0, 0.05) is 10.6 Å². The Morgan fingerprint density at radius 3 is 1.92 bits per heavy atom. The van der Waals surface area contributed by atoms with E-state index in [1.807, 2.05) is 70.2 Å². The molecule has 0 bridgehead atoms. The minimum absolute atomic E-state index is 0.289. The Balaban J connectivity index is 2.14. The Bertz CT molecular complexity index is 1040. The van der Waals surface area contributed by atoms with Crippen molar-refractivity contribution in [2.75, 3.05) is 0 Å². The first-order valence-corrected chi connectivity index (χ1v) is 10.6. The van der Waals surface area contributed by atoms with Crippen LogP contribution in [0, 0.1) is 27.7 Å². The van der Waals surface area contributed by atoms with Crippen LogP contribution in [-0.4, -0.2) is 13.4 Å². The van der Waals surface area contributed by atoms with Crippen LogP contribution in [0.2, 0.25) is 0 Å². The van der Waals surface area contributed by atoms with Gasteiger partial charge in [-0.25, -0.2) is 13.4 Å². The number of nitrogens with zero attached hydrogens (tertiary/aromatic N) is 1. The van der Waals surface area contributed by atoms with Gasteiger partial charge < -0.3 is 0 Å². The second-order valence-electron chi connectivity index (χ2n) is 6.45. The zero-order chi connectivity index (χ0) is 18.9. The molecule has 0 aliphatic rings. The van der Waals surface area contributed by atoms with Crippen LogP contribution < -0.4 is 0 Å². The number of benzene rings is 2. The van der Waals surface area contributed by atoms with Gasteiger partial charge in [0.25, 0.3) is 0 Å². The minimum atomic E-state index is -3.65. The molecule has 0 saturated carbocycles. The van der Waals surface area contributed by atoms with Gasteiger partial charge in [0.1, 0.15) is 9.92 Å². The molecule has 0 atom stereocenters. The maximum absolute atomic E-state index is 13.3. The van der Waals surface area contributed by atoms with Gasteiger partial charge in [-0.05, 0) is 63.6 Å². The van der Waals surface area contributed by atoms with Gasteiger partial charge in [0.05, 0.1) is 4.90 Å². The van der Waals surface area contributed by atoms with Crippen LogP contribution in [0.4, 0.5) is 0 Å². The molecule has 5 heteroatoms. The largest absolute Gasteiger partial charge is 0.245 e. The van der Waals surface area contributed by atoms with E-state index in [1.165, 1.54) is 11.8 Å². The molecule has 1 aromatic heterocycles. The average Bonchev–Trinajstić information content (AvgIpc) is 2.56. The summed E-state index contributed by atoms with van der Waals surface area (Å²) in [7, 11) is -3.65. The molecule has 0 saturated heterocycles. The van der Waals surface area contributed by atoms with Crippen LogP contribution in [0.5, 0.6) is 0 Å². The second-order valence-corrected chi connectivity index (χ2v) is 9.40. The smallest absolute Gasteiger partial charge is 0.209 e. The first-order chi connectivity index (χ1) is 12.3. The van der Waals surface area contributed by atoms with Crippen molar-refractivity contribution < 1.29 is 8.42 Å². The highest BCUT2D eigenvalue weighted by Gasteiger charge is 2.25. The lowest BCUT2D eigenvalue weighted by Gasteiger charge is -2.14. The molecule has 1 heterocycles. The quantitative estimate of drug-likeness (QED) is 0.613. The molecule has 0 aliphatic heterocycles. The van der Waals surface area contributed by atoms with E-state index in [1.54, 1.807) is 12.1 Å². The SMILES string of the molecule is Cc1ccc(Sc2nc(C)cc(C)c2S(=O)(=O)c2ccc(C)cc2)cc1. The third kappa shape index (κ3) is 3.84. The van der Waals surface area contributed by atoms with Crippen molar-refractivity contribution in [2.24, 2.45) is 0 Å². The number of rotatable bonds is 4. The standard InChI is InChI=1S/C21H21NO2S2/c1-14-5-9-18(10-6-14)25-21-20(16(3)13-17(4)22-21)26(23,24)19-11-7-15(2)8-12-19/h5-13H,1-4H3. The molecule has 3 aromatic rings. The molecule has 2 aromatic carbocycles. The highest BCUT2D eigenvalue weighted by Crippen LogP contribution is 2.36. The van der Waals surface area contributed by atoms with E-state index < -0.39 is 9.84 Å². The molecular weight excluding hydrogens is 362 g/mol. The van der Waals surface area contributed by atoms with E-state index in [-0.39, 0.29) is 4.90 Å². The fourth-order valence-electron chi connectivity index (χ4n) is 2.74. The van der Waals surface area contributed by atoms with E-state index in [9.17, 15) is 8.42 Å². The van der Waals surface area contributed by atoms with Crippen molar-refractivity contribution in [3.05, 3.63) is 77.0 Å². The zero-order valence-electron chi connectivity index (χ0n) is 15.3. The third-order valence-electron chi connectivity index (χ3n) is 4.09. The maximum Gasteiger partial charge on any atom is 0.209 e. The van der Waals surface area contributed by atoms with Crippen molar-refractivity contribution in [2.45, 2.75) is 47.4 Å². The molecule has 0 fully saturated rings. The summed E-state index contributed by atoms with van der Waals surface area (Å²) < 4.78 is 26.6. The summed E-state index contributed by atoms with van der Waals surface area (Å²) in [5.41, 5.74) is 3.71. The van der Waals surface area contributed by atoms with E-state index >= 15 is 0 Å². The van der Waals surface area contributed by atoms with Gasteiger partial charge in [0.15, 0.2) is 0 Å². The molecule has 0 amide bonds. The lowest BCUT2D eigenvalue weighted by Crippen LogP contribution is -2.08. The van der Waals surface area contributed by atoms with Crippen LogP contribution in [0.1, 0.15) is 22.4 Å². The zero-order valence-corrected chi connectivity index (χ0v) is 16.9. The summed E-state index contributed by atoms with van der Waals surface area (Å²) in [6, 6.07) is 16.8. The molecule has 3 rings (SSSR count). The molecule has 134 valence electrons. The summed E-state index contributed by atoms with van der Waals surface area (Å²) in [6.45, 7) is 7.67. The third-order valence-corrected chi connectivity index (χ3v) is 7.16. The fraction of sp³-hybridized carbons (Fsp3) is 0.190. The molecule has 0 spiro atoms. The average molecular weight is 384 g/mol. The summed E-state index contributed by atoms with van der Waals surface area (Å²) >= 11 is 1.39. The Kier molecular flexibility index (Phi) is 5.21. The molecule has 0 N–H and O–H groups in total. The number of sulfone groups is 1. The first-order valence-electron chi connectivity index (χ1n) is 8.32. The van der Waals surface area contributed by atoms with Crippen molar-refractivity contribution in [1.29, 1.82) is 0 Å².